The van der Waals surface area contributed by atoms with Crippen LogP contribution in [0.3, 0.4) is 0 Å². The Kier molecular flexibility index (Phi) is 2.80. The molecule has 0 spiro atoms. The molecule has 0 amide bonds. The van der Waals surface area contributed by atoms with E-state index in [-0.39, 0.29) is 0 Å². The van der Waals surface area contributed by atoms with E-state index in [0.717, 1.165) is 0 Å². The van der Waals surface area contributed by atoms with Crippen molar-refractivity contribution in [3.05, 3.63) is 35.4 Å². The molecule has 0 saturated heterocycles. The van der Waals surface area contributed by atoms with E-state index in [9.17, 15) is 0 Å². The first-order valence-corrected chi connectivity index (χ1v) is 4.98. The van der Waals surface area contributed by atoms with Crippen molar-refractivity contribution >= 4 is 0 Å². The Labute approximate surface area is 82.0 Å². The zero-order valence-electron chi connectivity index (χ0n) is 9.39. The fourth-order valence-electron chi connectivity index (χ4n) is 1.36. The number of hydrogen-bond acceptors (Lipinski definition) is 0. The van der Waals surface area contributed by atoms with Gasteiger partial charge in [-0.3, -0.25) is 0 Å². The Morgan fingerprint density at radius 3 is 1.85 bits per heavy atom. The lowest BCUT2D eigenvalue weighted by Crippen LogP contribution is -2.15. The predicted molar refractivity (Wildman–Crippen MR) is 59.0 cm³/mol. The minimum atomic E-state index is 0.356. The Bertz CT molecular complexity index is 261. The minimum Gasteiger partial charge on any atom is -0.0596 e. The third-order valence-electron chi connectivity index (χ3n) is 2.88. The van der Waals surface area contributed by atoms with E-state index in [1.807, 2.05) is 0 Å². The maximum Gasteiger partial charge on any atom is -0.0142 e. The van der Waals surface area contributed by atoms with Crippen molar-refractivity contribution in [2.75, 3.05) is 0 Å². The molecule has 13 heavy (non-hydrogen) atoms. The molecule has 1 rings (SSSR count). The molecule has 0 aliphatic rings. The molecule has 0 fully saturated rings. The summed E-state index contributed by atoms with van der Waals surface area (Å²) in [6, 6.07) is 8.87. The summed E-state index contributed by atoms with van der Waals surface area (Å²) in [4.78, 5) is 0. The Hall–Kier alpha value is -0.780. The van der Waals surface area contributed by atoms with Gasteiger partial charge in [0.1, 0.15) is 0 Å². The van der Waals surface area contributed by atoms with Crippen LogP contribution in [0.5, 0.6) is 0 Å². The molecular formula is C13H20. The maximum absolute atomic E-state index is 2.30. The third kappa shape index (κ3) is 2.58. The third-order valence-corrected chi connectivity index (χ3v) is 2.88. The summed E-state index contributed by atoms with van der Waals surface area (Å²) in [6.45, 7) is 11.3. The second-order valence-electron chi connectivity index (χ2n) is 5.00. The largest absolute Gasteiger partial charge is 0.0596 e. The molecule has 0 N–H and O–H groups in total. The molecule has 1 aromatic carbocycles. The lowest BCUT2D eigenvalue weighted by atomic mass is 9.78. The Balaban J connectivity index is 2.90. The standard InChI is InChI=1S/C13H20/c1-10-6-8-12(9-7-10)11(2)13(3,4)5/h6-9,11H,1-5H3/t11-/m1/s1. The molecule has 0 aliphatic carbocycles. The molecule has 0 heterocycles. The van der Waals surface area contributed by atoms with Crippen LogP contribution in [0.2, 0.25) is 0 Å². The van der Waals surface area contributed by atoms with Gasteiger partial charge in [-0.2, -0.15) is 0 Å². The van der Waals surface area contributed by atoms with Crippen LogP contribution in [0.1, 0.15) is 44.7 Å². The van der Waals surface area contributed by atoms with Gasteiger partial charge in [-0.05, 0) is 23.8 Å². The second kappa shape index (κ2) is 3.53. The van der Waals surface area contributed by atoms with Gasteiger partial charge in [-0.1, -0.05) is 57.5 Å². The van der Waals surface area contributed by atoms with Crippen molar-refractivity contribution < 1.29 is 0 Å². The summed E-state index contributed by atoms with van der Waals surface area (Å²) in [5.74, 6) is 0.619. The van der Waals surface area contributed by atoms with Gasteiger partial charge in [-0.15, -0.1) is 0 Å². The van der Waals surface area contributed by atoms with Gasteiger partial charge < -0.3 is 0 Å². The highest BCUT2D eigenvalue weighted by molar-refractivity contribution is 5.25. The highest BCUT2D eigenvalue weighted by atomic mass is 14.3. The van der Waals surface area contributed by atoms with Crippen molar-refractivity contribution in [2.24, 2.45) is 5.41 Å². The number of aryl methyl sites for hydroxylation is 1. The molecule has 1 atom stereocenters. The molecule has 0 saturated carbocycles. The van der Waals surface area contributed by atoms with Crippen molar-refractivity contribution in [3.8, 4) is 0 Å². The van der Waals surface area contributed by atoms with E-state index in [1.54, 1.807) is 0 Å². The first-order valence-electron chi connectivity index (χ1n) is 4.98. The van der Waals surface area contributed by atoms with Gasteiger partial charge in [0, 0.05) is 0 Å². The Morgan fingerprint density at radius 2 is 1.46 bits per heavy atom. The SMILES string of the molecule is Cc1ccc([C@@H](C)C(C)(C)C)cc1. The topological polar surface area (TPSA) is 0 Å². The minimum absolute atomic E-state index is 0.356. The zero-order valence-corrected chi connectivity index (χ0v) is 9.39. The molecule has 0 bridgehead atoms. The molecule has 0 radical (unpaired) electrons. The van der Waals surface area contributed by atoms with Crippen LogP contribution in [0.25, 0.3) is 0 Å². The van der Waals surface area contributed by atoms with Crippen molar-refractivity contribution in [3.63, 3.8) is 0 Å². The van der Waals surface area contributed by atoms with Gasteiger partial charge >= 0.3 is 0 Å². The quantitative estimate of drug-likeness (QED) is 0.603. The van der Waals surface area contributed by atoms with E-state index in [2.05, 4.69) is 58.9 Å². The monoisotopic (exact) mass is 176 g/mol. The summed E-state index contributed by atoms with van der Waals surface area (Å²) in [5.41, 5.74) is 3.14. The molecule has 1 aromatic rings. The van der Waals surface area contributed by atoms with Crippen LogP contribution < -0.4 is 0 Å². The van der Waals surface area contributed by atoms with Crippen LogP contribution in [-0.4, -0.2) is 0 Å². The van der Waals surface area contributed by atoms with Gasteiger partial charge in [0.05, 0.1) is 0 Å². The highest BCUT2D eigenvalue weighted by Gasteiger charge is 2.20. The molecular weight excluding hydrogens is 156 g/mol. The molecule has 0 heteroatoms. The molecule has 0 aliphatic heterocycles. The molecule has 0 nitrogen and oxygen atoms in total. The summed E-state index contributed by atoms with van der Waals surface area (Å²) < 4.78 is 0. The van der Waals surface area contributed by atoms with Crippen molar-refractivity contribution in [1.82, 2.24) is 0 Å². The van der Waals surface area contributed by atoms with Crippen molar-refractivity contribution in [1.29, 1.82) is 0 Å². The van der Waals surface area contributed by atoms with Gasteiger partial charge in [0.2, 0.25) is 0 Å². The average Bonchev–Trinajstić information content (AvgIpc) is 2.03. The Morgan fingerprint density at radius 1 is 1.00 bits per heavy atom. The molecule has 0 aromatic heterocycles. The normalized spacial score (nSPS) is 14.2. The van der Waals surface area contributed by atoms with E-state index in [1.165, 1.54) is 11.1 Å². The van der Waals surface area contributed by atoms with E-state index >= 15 is 0 Å². The summed E-state index contributed by atoms with van der Waals surface area (Å²) in [7, 11) is 0. The highest BCUT2D eigenvalue weighted by Crippen LogP contribution is 2.34. The van der Waals surface area contributed by atoms with E-state index in [4.69, 9.17) is 0 Å². The van der Waals surface area contributed by atoms with Gasteiger partial charge in [0.25, 0.3) is 0 Å². The van der Waals surface area contributed by atoms with Crippen LogP contribution in [0.15, 0.2) is 24.3 Å². The maximum atomic E-state index is 2.30. The van der Waals surface area contributed by atoms with E-state index in [0.29, 0.717) is 11.3 Å². The lowest BCUT2D eigenvalue weighted by molar-refractivity contribution is 0.339. The van der Waals surface area contributed by atoms with Crippen LogP contribution >= 0.6 is 0 Å². The second-order valence-corrected chi connectivity index (χ2v) is 5.00. The number of hydrogen-bond donors (Lipinski definition) is 0. The first kappa shape index (κ1) is 10.3. The fraction of sp³-hybridized carbons (Fsp3) is 0.538. The smallest absolute Gasteiger partial charge is 0.0142 e. The zero-order chi connectivity index (χ0) is 10.1. The lowest BCUT2D eigenvalue weighted by Gasteiger charge is -2.27. The van der Waals surface area contributed by atoms with Gasteiger partial charge in [0.15, 0.2) is 0 Å². The summed E-state index contributed by atoms with van der Waals surface area (Å²) in [5, 5.41) is 0. The summed E-state index contributed by atoms with van der Waals surface area (Å²) in [6.07, 6.45) is 0. The fourth-order valence-corrected chi connectivity index (χ4v) is 1.36. The van der Waals surface area contributed by atoms with Crippen LogP contribution in [-0.2, 0) is 0 Å². The van der Waals surface area contributed by atoms with Crippen LogP contribution in [0, 0.1) is 12.3 Å². The first-order chi connectivity index (χ1) is 5.91. The van der Waals surface area contributed by atoms with Gasteiger partial charge in [-0.25, -0.2) is 0 Å². The van der Waals surface area contributed by atoms with E-state index < -0.39 is 0 Å². The predicted octanol–water partition coefficient (Wildman–Crippen LogP) is 4.14. The summed E-state index contributed by atoms with van der Waals surface area (Å²) >= 11 is 0. The van der Waals surface area contributed by atoms with Crippen LogP contribution in [0.4, 0.5) is 0 Å². The van der Waals surface area contributed by atoms with Crippen molar-refractivity contribution in [2.45, 2.75) is 40.5 Å². The number of rotatable bonds is 1. The molecule has 0 unspecified atom stereocenters. The number of benzene rings is 1. The average molecular weight is 176 g/mol. The molecule has 72 valence electrons.